The minimum Gasteiger partial charge on any atom is -0.481 e. The molecule has 25 heavy (non-hydrogen) atoms. The number of rotatable bonds is 5. The van der Waals surface area contributed by atoms with Crippen LogP contribution in [0, 0.1) is 0 Å². The van der Waals surface area contributed by atoms with E-state index in [1.165, 1.54) is 0 Å². The van der Waals surface area contributed by atoms with Gasteiger partial charge in [-0.25, -0.2) is 4.79 Å². The first-order chi connectivity index (χ1) is 12.1. The molecule has 0 spiro atoms. The van der Waals surface area contributed by atoms with Gasteiger partial charge in [0, 0.05) is 0 Å². The zero-order valence-electron chi connectivity index (χ0n) is 14.2. The zero-order chi connectivity index (χ0) is 17.8. The highest BCUT2D eigenvalue weighted by atomic mass is 79.9. The zero-order valence-corrected chi connectivity index (χ0v) is 15.7. The fourth-order valence-corrected chi connectivity index (χ4v) is 3.27. The summed E-state index contributed by atoms with van der Waals surface area (Å²) in [6.45, 7) is 3.98. The van der Waals surface area contributed by atoms with Crippen molar-refractivity contribution in [3.8, 4) is 11.5 Å². The van der Waals surface area contributed by atoms with Gasteiger partial charge in [-0.05, 0) is 50.3 Å². The summed E-state index contributed by atoms with van der Waals surface area (Å²) in [6, 6.07) is 19.4. The number of fused-ring (bicyclic) bond motifs is 1. The third-order valence-corrected chi connectivity index (χ3v) is 4.76. The van der Waals surface area contributed by atoms with Crippen LogP contribution in [-0.2, 0) is 4.79 Å². The van der Waals surface area contributed by atoms with Crippen molar-refractivity contribution in [3.05, 3.63) is 70.7 Å². The molecule has 0 bridgehead atoms. The van der Waals surface area contributed by atoms with Gasteiger partial charge in [0.25, 0.3) is 0 Å². The maximum Gasteiger partial charge on any atom is 0.349 e. The van der Waals surface area contributed by atoms with E-state index in [1.54, 1.807) is 6.07 Å². The molecule has 0 aliphatic rings. The molecule has 0 heterocycles. The maximum atomic E-state index is 12.2. The number of hydrogen-bond donors (Lipinski definition) is 0. The molecule has 3 nitrogen and oxygen atoms in total. The van der Waals surface area contributed by atoms with E-state index in [4.69, 9.17) is 9.47 Å². The standard InChI is InChI=1S/C21H19BrO3/c1-14(2)16-8-5-6-10-18(16)25-20(23)13-24-19-12-11-15-7-3-4-9-17(15)21(19)22/h3-12,14H,13H2,1-2H3. The van der Waals surface area contributed by atoms with Crippen molar-refractivity contribution in [1.82, 2.24) is 0 Å². The van der Waals surface area contributed by atoms with E-state index in [-0.39, 0.29) is 12.5 Å². The van der Waals surface area contributed by atoms with Crippen molar-refractivity contribution in [3.63, 3.8) is 0 Å². The second-order valence-corrected chi connectivity index (χ2v) is 6.85. The van der Waals surface area contributed by atoms with E-state index in [1.807, 2.05) is 54.6 Å². The van der Waals surface area contributed by atoms with Gasteiger partial charge in [-0.1, -0.05) is 62.4 Å². The highest BCUT2D eigenvalue weighted by molar-refractivity contribution is 9.10. The topological polar surface area (TPSA) is 35.5 Å². The maximum absolute atomic E-state index is 12.2. The molecule has 0 fully saturated rings. The summed E-state index contributed by atoms with van der Waals surface area (Å²) in [5, 5.41) is 2.15. The van der Waals surface area contributed by atoms with Gasteiger partial charge in [0.15, 0.2) is 6.61 Å². The predicted octanol–water partition coefficient (Wildman–Crippen LogP) is 5.71. The highest BCUT2D eigenvalue weighted by Gasteiger charge is 2.13. The van der Waals surface area contributed by atoms with Gasteiger partial charge in [0.1, 0.15) is 11.5 Å². The van der Waals surface area contributed by atoms with Gasteiger partial charge >= 0.3 is 5.97 Å². The summed E-state index contributed by atoms with van der Waals surface area (Å²) >= 11 is 3.55. The Morgan fingerprint density at radius 2 is 1.68 bits per heavy atom. The molecule has 0 saturated carbocycles. The average molecular weight is 399 g/mol. The third-order valence-electron chi connectivity index (χ3n) is 3.94. The van der Waals surface area contributed by atoms with Crippen molar-refractivity contribution in [2.75, 3.05) is 6.61 Å². The molecule has 0 N–H and O–H groups in total. The molecule has 0 saturated heterocycles. The molecule has 3 rings (SSSR count). The minimum absolute atomic E-state index is 0.149. The highest BCUT2D eigenvalue weighted by Crippen LogP contribution is 2.33. The lowest BCUT2D eigenvalue weighted by Gasteiger charge is -2.13. The predicted molar refractivity (Wildman–Crippen MR) is 103 cm³/mol. The van der Waals surface area contributed by atoms with E-state index in [0.717, 1.165) is 20.8 Å². The molecule has 3 aromatic rings. The van der Waals surface area contributed by atoms with Crippen molar-refractivity contribution in [1.29, 1.82) is 0 Å². The van der Waals surface area contributed by atoms with Gasteiger partial charge in [-0.3, -0.25) is 0 Å². The lowest BCUT2D eigenvalue weighted by molar-refractivity contribution is -0.136. The molecule has 0 unspecified atom stereocenters. The number of benzene rings is 3. The molecular formula is C21H19BrO3. The van der Waals surface area contributed by atoms with Crippen LogP contribution in [0.4, 0.5) is 0 Å². The lowest BCUT2D eigenvalue weighted by atomic mass is 10.0. The number of halogens is 1. The van der Waals surface area contributed by atoms with Crippen LogP contribution in [0.5, 0.6) is 11.5 Å². The van der Waals surface area contributed by atoms with Crippen molar-refractivity contribution in [2.24, 2.45) is 0 Å². The Bertz CT molecular complexity index is 903. The molecule has 128 valence electrons. The van der Waals surface area contributed by atoms with Crippen molar-refractivity contribution < 1.29 is 14.3 Å². The van der Waals surface area contributed by atoms with E-state index in [9.17, 15) is 4.79 Å². The number of carbonyl (C=O) groups excluding carboxylic acids is 1. The summed E-state index contributed by atoms with van der Waals surface area (Å²) in [5.41, 5.74) is 1.00. The van der Waals surface area contributed by atoms with E-state index in [0.29, 0.717) is 11.5 Å². The summed E-state index contributed by atoms with van der Waals surface area (Å²) in [6.07, 6.45) is 0. The second kappa shape index (κ2) is 7.70. The molecule has 0 aliphatic heterocycles. The Labute approximate surface area is 155 Å². The Hall–Kier alpha value is -2.33. The Balaban J connectivity index is 1.70. The average Bonchev–Trinajstić information content (AvgIpc) is 2.61. The minimum atomic E-state index is -0.423. The van der Waals surface area contributed by atoms with Crippen LogP contribution in [0.2, 0.25) is 0 Å². The number of hydrogen-bond acceptors (Lipinski definition) is 3. The van der Waals surface area contributed by atoms with E-state index >= 15 is 0 Å². The fourth-order valence-electron chi connectivity index (χ4n) is 2.66. The monoisotopic (exact) mass is 398 g/mol. The second-order valence-electron chi connectivity index (χ2n) is 6.05. The van der Waals surface area contributed by atoms with Crippen molar-refractivity contribution >= 4 is 32.7 Å². The first kappa shape index (κ1) is 17.5. The van der Waals surface area contributed by atoms with Gasteiger partial charge < -0.3 is 9.47 Å². The fraction of sp³-hybridized carbons (Fsp3) is 0.190. The Kier molecular flexibility index (Phi) is 5.39. The van der Waals surface area contributed by atoms with Crippen LogP contribution in [0.15, 0.2) is 65.1 Å². The van der Waals surface area contributed by atoms with Crippen LogP contribution in [-0.4, -0.2) is 12.6 Å². The Morgan fingerprint density at radius 3 is 2.48 bits per heavy atom. The summed E-state index contributed by atoms with van der Waals surface area (Å²) in [5.74, 6) is 1.06. The first-order valence-corrected chi connectivity index (χ1v) is 8.95. The molecule has 0 radical (unpaired) electrons. The smallest absolute Gasteiger partial charge is 0.349 e. The summed E-state index contributed by atoms with van der Waals surface area (Å²) in [4.78, 5) is 12.2. The van der Waals surface area contributed by atoms with Gasteiger partial charge in [-0.15, -0.1) is 0 Å². The molecular weight excluding hydrogens is 380 g/mol. The van der Waals surface area contributed by atoms with Crippen LogP contribution in [0.25, 0.3) is 10.8 Å². The SMILES string of the molecule is CC(C)c1ccccc1OC(=O)COc1ccc2ccccc2c1Br. The molecule has 0 aliphatic carbocycles. The van der Waals surface area contributed by atoms with Gasteiger partial charge in [-0.2, -0.15) is 0 Å². The number of carbonyl (C=O) groups is 1. The van der Waals surface area contributed by atoms with E-state index < -0.39 is 5.97 Å². The van der Waals surface area contributed by atoms with Crippen LogP contribution >= 0.6 is 15.9 Å². The molecule has 3 aromatic carbocycles. The van der Waals surface area contributed by atoms with Crippen LogP contribution < -0.4 is 9.47 Å². The first-order valence-electron chi connectivity index (χ1n) is 8.16. The van der Waals surface area contributed by atoms with Crippen molar-refractivity contribution in [2.45, 2.75) is 19.8 Å². The summed E-state index contributed by atoms with van der Waals surface area (Å²) < 4.78 is 12.0. The van der Waals surface area contributed by atoms with Gasteiger partial charge in [0.05, 0.1) is 4.47 Å². The molecule has 4 heteroatoms. The molecule has 0 aromatic heterocycles. The normalized spacial score (nSPS) is 10.9. The number of ether oxygens (including phenoxy) is 2. The molecule has 0 atom stereocenters. The van der Waals surface area contributed by atoms with Crippen LogP contribution in [0.1, 0.15) is 25.3 Å². The summed E-state index contributed by atoms with van der Waals surface area (Å²) in [7, 11) is 0. The number of para-hydroxylation sites is 1. The quantitative estimate of drug-likeness (QED) is 0.407. The lowest BCUT2D eigenvalue weighted by Crippen LogP contribution is -2.18. The Morgan fingerprint density at radius 1 is 0.960 bits per heavy atom. The van der Waals surface area contributed by atoms with Gasteiger partial charge in [0.2, 0.25) is 0 Å². The van der Waals surface area contributed by atoms with Crippen LogP contribution in [0.3, 0.4) is 0 Å². The number of esters is 1. The third kappa shape index (κ3) is 4.02. The van der Waals surface area contributed by atoms with E-state index in [2.05, 4.69) is 29.8 Å². The molecule has 0 amide bonds. The largest absolute Gasteiger partial charge is 0.481 e.